The molecule has 0 amide bonds. The van der Waals surface area contributed by atoms with E-state index in [1.807, 2.05) is 19.9 Å². The Kier molecular flexibility index (Phi) is 5.36. The van der Waals surface area contributed by atoms with Crippen LogP contribution >= 0.6 is 0 Å². The smallest absolute Gasteiger partial charge is 0.246 e. The molecule has 1 rings (SSSR count). The van der Waals surface area contributed by atoms with E-state index in [0.717, 1.165) is 18.4 Å². The molecule has 1 aliphatic carbocycles. The van der Waals surface area contributed by atoms with E-state index in [2.05, 4.69) is 5.16 Å². The molecule has 0 aromatic carbocycles. The number of rotatable bonds is 5. The van der Waals surface area contributed by atoms with Gasteiger partial charge in [0.05, 0.1) is 5.71 Å². The first-order chi connectivity index (χ1) is 8.17. The summed E-state index contributed by atoms with van der Waals surface area (Å²) in [7, 11) is 0. The van der Waals surface area contributed by atoms with Crippen molar-refractivity contribution >= 4 is 11.4 Å². The van der Waals surface area contributed by atoms with E-state index in [9.17, 15) is 5.11 Å². The maximum atomic E-state index is 9.73. The number of allylic oxidation sites excluding steroid dienone is 5. The minimum Gasteiger partial charge on any atom is -0.358 e. The van der Waals surface area contributed by atoms with Gasteiger partial charge in [-0.2, -0.15) is 0 Å². The molecule has 92 valence electrons. The van der Waals surface area contributed by atoms with Gasteiger partial charge in [0.1, 0.15) is 5.71 Å². The van der Waals surface area contributed by atoms with Crippen LogP contribution in [0.15, 0.2) is 41.1 Å². The van der Waals surface area contributed by atoms with E-state index < -0.39 is 6.29 Å². The van der Waals surface area contributed by atoms with Gasteiger partial charge in [0.2, 0.25) is 6.29 Å². The SMILES string of the molecule is C/C=C(\CCC)C(O)ON=C1C=CC(=N)C=C1. The molecule has 0 fully saturated rings. The van der Waals surface area contributed by atoms with Crippen molar-refractivity contribution in [1.82, 2.24) is 0 Å². The second-order valence-electron chi connectivity index (χ2n) is 3.71. The fourth-order valence-electron chi connectivity index (χ4n) is 1.40. The summed E-state index contributed by atoms with van der Waals surface area (Å²) in [5, 5.41) is 20.9. The quantitative estimate of drug-likeness (QED) is 0.332. The van der Waals surface area contributed by atoms with E-state index in [-0.39, 0.29) is 0 Å². The lowest BCUT2D eigenvalue weighted by atomic mass is 10.1. The first kappa shape index (κ1) is 13.4. The third kappa shape index (κ3) is 4.36. The number of aliphatic hydroxyl groups is 1. The summed E-state index contributed by atoms with van der Waals surface area (Å²) < 4.78 is 0. The summed E-state index contributed by atoms with van der Waals surface area (Å²) >= 11 is 0. The summed E-state index contributed by atoms with van der Waals surface area (Å²) in [6, 6.07) is 0. The van der Waals surface area contributed by atoms with E-state index in [1.54, 1.807) is 24.3 Å². The molecule has 0 spiro atoms. The Morgan fingerprint density at radius 2 is 2.12 bits per heavy atom. The molecule has 0 aromatic rings. The Bertz CT molecular complexity index is 374. The molecule has 0 aromatic heterocycles. The number of hydrogen-bond donors (Lipinski definition) is 2. The van der Waals surface area contributed by atoms with E-state index in [4.69, 9.17) is 10.2 Å². The number of nitrogens with one attached hydrogen (secondary N) is 1. The summed E-state index contributed by atoms with van der Waals surface area (Å²) in [6.07, 6.45) is 9.18. The Hall–Kier alpha value is -1.68. The van der Waals surface area contributed by atoms with Crippen LogP contribution in [-0.2, 0) is 4.84 Å². The zero-order valence-corrected chi connectivity index (χ0v) is 10.2. The average molecular weight is 234 g/mol. The normalized spacial score (nSPS) is 17.2. The molecule has 17 heavy (non-hydrogen) atoms. The fraction of sp³-hybridized carbons (Fsp3) is 0.385. The van der Waals surface area contributed by atoms with E-state index in [1.165, 1.54) is 0 Å². The predicted molar refractivity (Wildman–Crippen MR) is 69.2 cm³/mol. The van der Waals surface area contributed by atoms with Crippen molar-refractivity contribution in [1.29, 1.82) is 5.41 Å². The van der Waals surface area contributed by atoms with Crippen LogP contribution in [0.2, 0.25) is 0 Å². The summed E-state index contributed by atoms with van der Waals surface area (Å²) in [5.41, 5.74) is 1.84. The maximum Gasteiger partial charge on any atom is 0.246 e. The van der Waals surface area contributed by atoms with Crippen LogP contribution in [0.5, 0.6) is 0 Å². The molecule has 0 bridgehead atoms. The lowest BCUT2D eigenvalue weighted by Gasteiger charge is -2.12. The summed E-state index contributed by atoms with van der Waals surface area (Å²) in [6.45, 7) is 3.91. The van der Waals surface area contributed by atoms with Gasteiger partial charge in [0, 0.05) is 0 Å². The molecule has 1 atom stereocenters. The van der Waals surface area contributed by atoms with Crippen molar-refractivity contribution in [3.8, 4) is 0 Å². The first-order valence-electron chi connectivity index (χ1n) is 5.69. The standard InChI is InChI=1S/C13H18N2O2/c1-3-5-10(4-2)13(16)17-15-12-8-6-11(14)7-9-12/h4,6-9,13-14,16H,3,5H2,1-2H3/b10-4+,14-11?,15-12?. The molecule has 4 nitrogen and oxygen atoms in total. The van der Waals surface area contributed by atoms with Gasteiger partial charge >= 0.3 is 0 Å². The van der Waals surface area contributed by atoms with E-state index >= 15 is 0 Å². The highest BCUT2D eigenvalue weighted by molar-refractivity contribution is 6.17. The monoisotopic (exact) mass is 234 g/mol. The zero-order valence-electron chi connectivity index (χ0n) is 10.2. The van der Waals surface area contributed by atoms with Gasteiger partial charge in [-0.15, -0.1) is 0 Å². The van der Waals surface area contributed by atoms with Gasteiger partial charge in [-0.05, 0) is 43.2 Å². The molecule has 0 saturated carbocycles. The van der Waals surface area contributed by atoms with Crippen LogP contribution in [0.4, 0.5) is 0 Å². The van der Waals surface area contributed by atoms with Crippen molar-refractivity contribution in [3.05, 3.63) is 36.0 Å². The number of hydrogen-bond acceptors (Lipinski definition) is 4. The second-order valence-corrected chi connectivity index (χ2v) is 3.71. The molecule has 1 aliphatic rings. The molecule has 4 heteroatoms. The molecule has 0 radical (unpaired) electrons. The van der Waals surface area contributed by atoms with Crippen LogP contribution in [0.3, 0.4) is 0 Å². The lowest BCUT2D eigenvalue weighted by molar-refractivity contribution is -0.0724. The van der Waals surface area contributed by atoms with Gasteiger partial charge in [-0.25, -0.2) is 0 Å². The van der Waals surface area contributed by atoms with Gasteiger partial charge < -0.3 is 15.4 Å². The molecule has 0 aliphatic heterocycles. The van der Waals surface area contributed by atoms with Crippen LogP contribution in [0.25, 0.3) is 0 Å². The largest absolute Gasteiger partial charge is 0.358 e. The number of nitrogens with zero attached hydrogens (tertiary/aromatic N) is 1. The van der Waals surface area contributed by atoms with Crippen molar-refractivity contribution in [2.75, 3.05) is 0 Å². The minimum atomic E-state index is -0.990. The van der Waals surface area contributed by atoms with Crippen LogP contribution < -0.4 is 0 Å². The van der Waals surface area contributed by atoms with Gasteiger partial charge in [-0.1, -0.05) is 24.6 Å². The molecule has 0 heterocycles. The average Bonchev–Trinajstić information content (AvgIpc) is 2.35. The highest BCUT2D eigenvalue weighted by Crippen LogP contribution is 2.12. The fourth-order valence-corrected chi connectivity index (χ4v) is 1.40. The van der Waals surface area contributed by atoms with Crippen molar-refractivity contribution in [3.63, 3.8) is 0 Å². The minimum absolute atomic E-state index is 0.421. The third-order valence-corrected chi connectivity index (χ3v) is 2.35. The van der Waals surface area contributed by atoms with Gasteiger partial charge in [0.25, 0.3) is 0 Å². The van der Waals surface area contributed by atoms with Crippen molar-refractivity contribution in [2.24, 2.45) is 5.16 Å². The summed E-state index contributed by atoms with van der Waals surface area (Å²) in [4.78, 5) is 5.02. The topological polar surface area (TPSA) is 65.7 Å². The number of oxime groups is 1. The maximum absolute atomic E-state index is 9.73. The Morgan fingerprint density at radius 1 is 1.47 bits per heavy atom. The first-order valence-corrected chi connectivity index (χ1v) is 5.69. The molecular formula is C13H18N2O2. The number of aliphatic hydroxyl groups excluding tert-OH is 1. The van der Waals surface area contributed by atoms with E-state index in [0.29, 0.717) is 11.4 Å². The highest BCUT2D eigenvalue weighted by atomic mass is 16.7. The van der Waals surface area contributed by atoms with Crippen LogP contribution in [-0.4, -0.2) is 22.8 Å². The van der Waals surface area contributed by atoms with Crippen LogP contribution in [0.1, 0.15) is 26.7 Å². The van der Waals surface area contributed by atoms with Crippen LogP contribution in [0, 0.1) is 5.41 Å². The Balaban J connectivity index is 2.55. The lowest BCUT2D eigenvalue weighted by Crippen LogP contribution is -2.13. The molecule has 0 saturated heterocycles. The molecule has 2 N–H and O–H groups in total. The molecular weight excluding hydrogens is 216 g/mol. The van der Waals surface area contributed by atoms with Crippen molar-refractivity contribution < 1.29 is 9.94 Å². The Morgan fingerprint density at radius 3 is 2.65 bits per heavy atom. The zero-order chi connectivity index (χ0) is 12.7. The Labute approximate surface area is 101 Å². The predicted octanol–water partition coefficient (Wildman–Crippen LogP) is 2.57. The molecule has 1 unspecified atom stereocenters. The van der Waals surface area contributed by atoms with Gasteiger partial charge in [0.15, 0.2) is 0 Å². The second kappa shape index (κ2) is 6.81. The summed E-state index contributed by atoms with van der Waals surface area (Å²) in [5.74, 6) is 0. The van der Waals surface area contributed by atoms with Gasteiger partial charge in [-0.3, -0.25) is 0 Å². The third-order valence-electron chi connectivity index (χ3n) is 2.35. The highest BCUT2D eigenvalue weighted by Gasteiger charge is 2.10. The van der Waals surface area contributed by atoms with Crippen molar-refractivity contribution in [2.45, 2.75) is 33.0 Å².